The van der Waals surface area contributed by atoms with E-state index in [9.17, 15) is 14.7 Å². The molecule has 4 nitrogen and oxygen atoms in total. The minimum Gasteiger partial charge on any atom is -0.478 e. The zero-order valence-corrected chi connectivity index (χ0v) is 12.9. The lowest BCUT2D eigenvalue weighted by Gasteiger charge is -2.09. The number of carboxylic acid groups (broad SMARTS) is 2. The summed E-state index contributed by atoms with van der Waals surface area (Å²) in [6.45, 7) is 0. The van der Waals surface area contributed by atoms with E-state index in [1.807, 2.05) is 0 Å². The number of rotatable bonds is 5. The Balaban J connectivity index is 2.25. The van der Waals surface area contributed by atoms with Gasteiger partial charge >= 0.3 is 11.9 Å². The molecule has 0 aliphatic carbocycles. The molecule has 2 rings (SSSR count). The summed E-state index contributed by atoms with van der Waals surface area (Å²) in [5.74, 6) is -2.31. The van der Waals surface area contributed by atoms with Crippen LogP contribution in [0.25, 0.3) is 0 Å². The number of aryl methyl sites for hydroxylation is 2. The van der Waals surface area contributed by atoms with Crippen molar-refractivity contribution in [2.24, 2.45) is 0 Å². The van der Waals surface area contributed by atoms with E-state index < -0.39 is 11.9 Å². The molecule has 2 N–H and O–H groups in total. The van der Waals surface area contributed by atoms with Crippen LogP contribution in [0.4, 0.5) is 0 Å². The molecule has 2 aromatic carbocycles. The molecule has 0 heterocycles. The number of halogens is 2. The smallest absolute Gasteiger partial charge is 0.335 e. The maximum absolute atomic E-state index is 11.3. The highest BCUT2D eigenvalue weighted by Gasteiger charge is 2.14. The van der Waals surface area contributed by atoms with E-state index in [-0.39, 0.29) is 11.1 Å². The van der Waals surface area contributed by atoms with E-state index in [1.165, 1.54) is 18.2 Å². The van der Waals surface area contributed by atoms with Crippen LogP contribution in [0.1, 0.15) is 31.8 Å². The van der Waals surface area contributed by atoms with Gasteiger partial charge in [0.2, 0.25) is 0 Å². The van der Waals surface area contributed by atoms with Crippen LogP contribution in [0.2, 0.25) is 10.0 Å². The van der Waals surface area contributed by atoms with Crippen molar-refractivity contribution in [2.75, 3.05) is 0 Å². The van der Waals surface area contributed by atoms with Gasteiger partial charge in [0.05, 0.1) is 11.1 Å². The third-order valence-corrected chi connectivity index (χ3v) is 3.85. The molecular weight excluding hydrogens is 327 g/mol. The van der Waals surface area contributed by atoms with Gasteiger partial charge in [-0.25, -0.2) is 9.59 Å². The maximum Gasteiger partial charge on any atom is 0.335 e. The molecular formula is C16H12Cl2O4. The van der Waals surface area contributed by atoms with Crippen LogP contribution in [0, 0.1) is 0 Å². The molecule has 0 aliphatic rings. The fourth-order valence-electron chi connectivity index (χ4n) is 2.12. The average Bonchev–Trinajstić information content (AvgIpc) is 2.46. The SMILES string of the molecule is O=C(O)c1ccc(CCc2ccc(Cl)cc2Cl)c(C(=O)O)c1. The molecule has 0 aliphatic heterocycles. The van der Waals surface area contributed by atoms with Gasteiger partial charge in [-0.1, -0.05) is 35.3 Å². The van der Waals surface area contributed by atoms with Crippen molar-refractivity contribution < 1.29 is 19.8 Å². The predicted molar refractivity (Wildman–Crippen MR) is 84.2 cm³/mol. The Morgan fingerprint density at radius 2 is 1.50 bits per heavy atom. The molecule has 0 unspecified atom stereocenters. The maximum atomic E-state index is 11.3. The van der Waals surface area contributed by atoms with Crippen molar-refractivity contribution in [2.45, 2.75) is 12.8 Å². The predicted octanol–water partition coefficient (Wildman–Crippen LogP) is 4.18. The van der Waals surface area contributed by atoms with Gasteiger partial charge in [-0.05, 0) is 48.2 Å². The molecule has 6 heteroatoms. The van der Waals surface area contributed by atoms with E-state index in [0.29, 0.717) is 28.5 Å². The zero-order chi connectivity index (χ0) is 16.3. The lowest BCUT2D eigenvalue weighted by Crippen LogP contribution is -2.07. The molecule has 0 fully saturated rings. The van der Waals surface area contributed by atoms with Gasteiger partial charge in [0.1, 0.15) is 0 Å². The first-order valence-corrected chi connectivity index (χ1v) is 7.17. The minimum absolute atomic E-state index is 0.00927. The van der Waals surface area contributed by atoms with Crippen molar-refractivity contribution in [3.8, 4) is 0 Å². The fraction of sp³-hybridized carbons (Fsp3) is 0.125. The van der Waals surface area contributed by atoms with Crippen molar-refractivity contribution >= 4 is 35.1 Å². The molecule has 0 aromatic heterocycles. The highest BCUT2D eigenvalue weighted by molar-refractivity contribution is 6.35. The van der Waals surface area contributed by atoms with Crippen molar-refractivity contribution in [3.63, 3.8) is 0 Å². The van der Waals surface area contributed by atoms with Gasteiger partial charge in [0, 0.05) is 10.0 Å². The normalized spacial score (nSPS) is 10.5. The molecule has 0 saturated carbocycles. The summed E-state index contributed by atoms with van der Waals surface area (Å²) < 4.78 is 0. The molecule has 0 radical (unpaired) electrons. The van der Waals surface area contributed by atoms with E-state index >= 15 is 0 Å². The molecule has 0 saturated heterocycles. The highest BCUT2D eigenvalue weighted by atomic mass is 35.5. The first kappa shape index (κ1) is 16.3. The second kappa shape index (κ2) is 6.81. The first-order valence-electron chi connectivity index (χ1n) is 6.42. The summed E-state index contributed by atoms with van der Waals surface area (Å²) in [7, 11) is 0. The van der Waals surface area contributed by atoms with Crippen LogP contribution >= 0.6 is 23.2 Å². The monoisotopic (exact) mass is 338 g/mol. The van der Waals surface area contributed by atoms with E-state index in [0.717, 1.165) is 5.56 Å². The second-order valence-corrected chi connectivity index (χ2v) is 5.56. The van der Waals surface area contributed by atoms with Gasteiger partial charge in [0.15, 0.2) is 0 Å². The first-order chi connectivity index (χ1) is 10.4. The summed E-state index contributed by atoms with van der Waals surface area (Å²) in [6, 6.07) is 9.23. The molecule has 0 spiro atoms. The van der Waals surface area contributed by atoms with Crippen molar-refractivity contribution in [1.82, 2.24) is 0 Å². The molecule has 22 heavy (non-hydrogen) atoms. The van der Waals surface area contributed by atoms with Crippen LogP contribution in [0.3, 0.4) is 0 Å². The van der Waals surface area contributed by atoms with Gasteiger partial charge in [0.25, 0.3) is 0 Å². The molecule has 0 atom stereocenters. The standard InChI is InChI=1S/C16H12Cl2O4/c17-12-6-5-10(14(18)8-12)3-1-9-2-4-11(15(19)20)7-13(9)16(21)22/h2,4-8H,1,3H2,(H,19,20)(H,21,22). The zero-order valence-electron chi connectivity index (χ0n) is 11.3. The largest absolute Gasteiger partial charge is 0.478 e. The molecule has 2 aromatic rings. The summed E-state index contributed by atoms with van der Waals surface area (Å²) in [4.78, 5) is 22.2. The summed E-state index contributed by atoms with van der Waals surface area (Å²) in [5.41, 5.74) is 1.35. The van der Waals surface area contributed by atoms with Crippen LogP contribution < -0.4 is 0 Å². The van der Waals surface area contributed by atoms with Crippen LogP contribution in [-0.4, -0.2) is 22.2 Å². The van der Waals surface area contributed by atoms with Gasteiger partial charge in [-0.15, -0.1) is 0 Å². The number of hydrogen-bond donors (Lipinski definition) is 2. The number of carboxylic acids is 2. The number of carbonyl (C=O) groups is 2. The molecule has 114 valence electrons. The third-order valence-electron chi connectivity index (χ3n) is 3.27. The fourth-order valence-corrected chi connectivity index (χ4v) is 2.62. The Morgan fingerprint density at radius 3 is 2.09 bits per heavy atom. The van der Waals surface area contributed by atoms with Crippen molar-refractivity contribution in [1.29, 1.82) is 0 Å². The average molecular weight is 339 g/mol. The summed E-state index contributed by atoms with van der Waals surface area (Å²) in [5, 5.41) is 19.2. The van der Waals surface area contributed by atoms with Crippen molar-refractivity contribution in [3.05, 3.63) is 68.7 Å². The van der Waals surface area contributed by atoms with Gasteiger partial charge in [-0.2, -0.15) is 0 Å². The molecule has 0 bridgehead atoms. The van der Waals surface area contributed by atoms with Gasteiger partial charge in [-0.3, -0.25) is 0 Å². The van der Waals surface area contributed by atoms with Gasteiger partial charge < -0.3 is 10.2 Å². The lowest BCUT2D eigenvalue weighted by molar-refractivity contribution is 0.0695. The Labute approximate surface area is 136 Å². The Hall–Kier alpha value is -2.04. The number of aromatic carboxylic acids is 2. The van der Waals surface area contributed by atoms with E-state index in [4.69, 9.17) is 28.3 Å². The van der Waals surface area contributed by atoms with Crippen LogP contribution in [0.15, 0.2) is 36.4 Å². The molecule has 0 amide bonds. The van der Waals surface area contributed by atoms with Crippen LogP contribution in [-0.2, 0) is 12.8 Å². The third kappa shape index (κ3) is 3.78. The summed E-state index contributed by atoms with van der Waals surface area (Å²) >= 11 is 11.9. The topological polar surface area (TPSA) is 74.6 Å². The highest BCUT2D eigenvalue weighted by Crippen LogP contribution is 2.23. The van der Waals surface area contributed by atoms with Crippen LogP contribution in [0.5, 0.6) is 0 Å². The lowest BCUT2D eigenvalue weighted by atomic mass is 9.98. The Bertz CT molecular complexity index is 741. The Kier molecular flexibility index (Phi) is 5.06. The number of benzene rings is 2. The van der Waals surface area contributed by atoms with E-state index in [2.05, 4.69) is 0 Å². The quantitative estimate of drug-likeness (QED) is 0.857. The number of hydrogen-bond acceptors (Lipinski definition) is 2. The summed E-state index contributed by atoms with van der Waals surface area (Å²) in [6.07, 6.45) is 0.964. The second-order valence-electron chi connectivity index (χ2n) is 4.72. The van der Waals surface area contributed by atoms with E-state index in [1.54, 1.807) is 18.2 Å². The minimum atomic E-state index is -1.16. The Morgan fingerprint density at radius 1 is 0.864 bits per heavy atom.